The van der Waals surface area contributed by atoms with E-state index in [1.54, 1.807) is 13.1 Å². The van der Waals surface area contributed by atoms with Crippen LogP contribution in [-0.2, 0) is 25.6 Å². The second-order valence-corrected chi connectivity index (χ2v) is 10.6. The molecule has 0 saturated heterocycles. The van der Waals surface area contributed by atoms with Gasteiger partial charge in [-0.05, 0) is 49.3 Å². The molecule has 11 nitrogen and oxygen atoms in total. The molecule has 1 aromatic heterocycles. The van der Waals surface area contributed by atoms with Gasteiger partial charge in [-0.2, -0.15) is 0 Å². The van der Waals surface area contributed by atoms with Gasteiger partial charge in [0, 0.05) is 23.5 Å². The van der Waals surface area contributed by atoms with Gasteiger partial charge in [-0.15, -0.1) is 0 Å². The number of fused-ring (bicyclic) bond motifs is 1. The first kappa shape index (κ1) is 32.8. The molecule has 0 radical (unpaired) electrons. The number of carboxylic acid groups (broad SMARTS) is 1. The molecule has 0 aliphatic rings. The average molecular weight is 559 g/mol. The molecule has 6 atom stereocenters. The number of aromatic nitrogens is 1. The highest BCUT2D eigenvalue weighted by Crippen LogP contribution is 2.20. The third-order valence-electron chi connectivity index (χ3n) is 7.65. The van der Waals surface area contributed by atoms with Crippen LogP contribution in [0.1, 0.15) is 65.4 Å². The number of rotatable bonds is 17. The monoisotopic (exact) mass is 558 g/mol. The van der Waals surface area contributed by atoms with Gasteiger partial charge in [0.1, 0.15) is 18.1 Å². The topological polar surface area (TPSA) is 192 Å². The van der Waals surface area contributed by atoms with Gasteiger partial charge in [-0.25, -0.2) is 4.79 Å². The van der Waals surface area contributed by atoms with Crippen LogP contribution in [-0.4, -0.2) is 64.5 Å². The van der Waals surface area contributed by atoms with Gasteiger partial charge in [-0.1, -0.05) is 58.7 Å². The van der Waals surface area contributed by atoms with Crippen molar-refractivity contribution < 1.29 is 24.3 Å². The molecule has 2 aromatic rings. The predicted octanol–water partition coefficient (Wildman–Crippen LogP) is 1.80. The highest BCUT2D eigenvalue weighted by molar-refractivity contribution is 5.95. The highest BCUT2D eigenvalue weighted by Gasteiger charge is 2.32. The molecule has 222 valence electrons. The van der Waals surface area contributed by atoms with Gasteiger partial charge >= 0.3 is 5.97 Å². The number of carbonyl (C=O) groups excluding carboxylic acids is 3. The Morgan fingerprint density at radius 2 is 1.52 bits per heavy atom. The molecule has 6 unspecified atom stereocenters. The molecule has 2 rings (SSSR count). The third-order valence-corrected chi connectivity index (χ3v) is 7.65. The van der Waals surface area contributed by atoms with Crippen LogP contribution in [0.2, 0.25) is 0 Å². The Morgan fingerprint density at radius 3 is 2.15 bits per heavy atom. The molecule has 0 aliphatic heterocycles. The highest BCUT2D eigenvalue weighted by atomic mass is 16.4. The second kappa shape index (κ2) is 16.0. The van der Waals surface area contributed by atoms with E-state index >= 15 is 0 Å². The van der Waals surface area contributed by atoms with E-state index < -0.39 is 47.9 Å². The summed E-state index contributed by atoms with van der Waals surface area (Å²) in [5.74, 6) is -3.15. The molecule has 0 bridgehead atoms. The second-order valence-electron chi connectivity index (χ2n) is 10.6. The number of benzene rings is 1. The van der Waals surface area contributed by atoms with E-state index in [0.717, 1.165) is 16.5 Å². The SMILES string of the molecule is CCC(C)C(N)C(=O)NC(Cc1c[nH]c2ccccc12)C(=O)NC(CCCCN)C(=O)NC(C(=O)O)C(C)CC. The van der Waals surface area contributed by atoms with Gasteiger partial charge in [-0.3, -0.25) is 14.4 Å². The molecule has 1 aromatic carbocycles. The van der Waals surface area contributed by atoms with Crippen molar-refractivity contribution in [2.24, 2.45) is 23.3 Å². The molecular formula is C29H46N6O5. The lowest BCUT2D eigenvalue weighted by Gasteiger charge is -2.27. The fraction of sp³-hybridized carbons (Fsp3) is 0.586. The van der Waals surface area contributed by atoms with Gasteiger partial charge in [0.2, 0.25) is 17.7 Å². The van der Waals surface area contributed by atoms with Crippen molar-refractivity contribution in [3.63, 3.8) is 0 Å². The molecule has 11 heteroatoms. The molecule has 3 amide bonds. The average Bonchev–Trinajstić information content (AvgIpc) is 3.35. The third kappa shape index (κ3) is 9.06. The molecule has 9 N–H and O–H groups in total. The van der Waals surface area contributed by atoms with Crippen LogP contribution in [0.25, 0.3) is 10.9 Å². The number of nitrogens with two attached hydrogens (primary N) is 2. The summed E-state index contributed by atoms with van der Waals surface area (Å²) < 4.78 is 0. The van der Waals surface area contributed by atoms with E-state index in [-0.39, 0.29) is 24.7 Å². The van der Waals surface area contributed by atoms with Gasteiger partial charge < -0.3 is 37.5 Å². The van der Waals surface area contributed by atoms with Gasteiger partial charge in [0.05, 0.1) is 6.04 Å². The summed E-state index contributed by atoms with van der Waals surface area (Å²) in [6.07, 6.45) is 4.65. The molecular weight excluding hydrogens is 512 g/mol. The van der Waals surface area contributed by atoms with E-state index in [1.807, 2.05) is 45.0 Å². The standard InChI is InChI=1S/C29H46N6O5/c1-5-17(3)24(31)28(38)34-23(15-19-16-32-21-12-8-7-11-20(19)21)27(37)33-22(13-9-10-14-30)26(36)35-25(29(39)40)18(4)6-2/h7-8,11-12,16-18,22-25,32H,5-6,9-10,13-15,30-31H2,1-4H3,(H,33,37)(H,34,38)(H,35,36)(H,39,40). The Morgan fingerprint density at radius 1 is 0.900 bits per heavy atom. The molecule has 0 spiro atoms. The fourth-order valence-electron chi connectivity index (χ4n) is 4.48. The molecule has 40 heavy (non-hydrogen) atoms. The first-order valence-corrected chi connectivity index (χ1v) is 14.2. The number of carboxylic acids is 1. The number of amides is 3. The largest absolute Gasteiger partial charge is 0.480 e. The normalized spacial score (nSPS) is 15.8. The van der Waals surface area contributed by atoms with Crippen LogP contribution in [0.3, 0.4) is 0 Å². The lowest BCUT2D eigenvalue weighted by Crippen LogP contribution is -2.58. The van der Waals surface area contributed by atoms with Crippen molar-refractivity contribution >= 4 is 34.6 Å². The number of H-pyrrole nitrogens is 1. The van der Waals surface area contributed by atoms with Crippen molar-refractivity contribution in [1.29, 1.82) is 0 Å². The van der Waals surface area contributed by atoms with Crippen molar-refractivity contribution in [2.75, 3.05) is 6.54 Å². The fourth-order valence-corrected chi connectivity index (χ4v) is 4.48. The van der Waals surface area contributed by atoms with Crippen molar-refractivity contribution in [3.8, 4) is 0 Å². The summed E-state index contributed by atoms with van der Waals surface area (Å²) in [6.45, 7) is 7.80. The van der Waals surface area contributed by atoms with E-state index in [9.17, 15) is 24.3 Å². The summed E-state index contributed by atoms with van der Waals surface area (Å²) in [7, 11) is 0. The predicted molar refractivity (Wildman–Crippen MR) is 155 cm³/mol. The number of para-hydroxylation sites is 1. The van der Waals surface area contributed by atoms with Gasteiger partial charge in [0.15, 0.2) is 0 Å². The quantitative estimate of drug-likeness (QED) is 0.144. The Hall–Kier alpha value is -3.44. The van der Waals surface area contributed by atoms with Crippen LogP contribution < -0.4 is 27.4 Å². The van der Waals surface area contributed by atoms with Crippen LogP contribution >= 0.6 is 0 Å². The Balaban J connectivity index is 2.32. The molecule has 0 fully saturated rings. The minimum absolute atomic E-state index is 0.0971. The zero-order chi connectivity index (χ0) is 29.8. The van der Waals surface area contributed by atoms with Crippen molar-refractivity contribution in [3.05, 3.63) is 36.0 Å². The number of hydrogen-bond donors (Lipinski definition) is 7. The Kier molecular flexibility index (Phi) is 13.1. The number of nitrogens with one attached hydrogen (secondary N) is 4. The van der Waals surface area contributed by atoms with Crippen LogP contribution in [0, 0.1) is 11.8 Å². The van der Waals surface area contributed by atoms with E-state index in [2.05, 4.69) is 20.9 Å². The number of carbonyl (C=O) groups is 4. The molecule has 0 aliphatic carbocycles. The summed E-state index contributed by atoms with van der Waals surface area (Å²) in [6, 6.07) is 3.70. The lowest BCUT2D eigenvalue weighted by molar-refractivity contribution is -0.144. The molecule has 0 saturated carbocycles. The zero-order valence-corrected chi connectivity index (χ0v) is 24.0. The maximum Gasteiger partial charge on any atom is 0.326 e. The lowest BCUT2D eigenvalue weighted by atomic mass is 9.97. The number of aromatic amines is 1. The maximum atomic E-state index is 13.7. The van der Waals surface area contributed by atoms with E-state index in [1.165, 1.54) is 0 Å². The zero-order valence-electron chi connectivity index (χ0n) is 24.0. The summed E-state index contributed by atoms with van der Waals surface area (Å²) >= 11 is 0. The van der Waals surface area contributed by atoms with E-state index in [4.69, 9.17) is 11.5 Å². The van der Waals surface area contributed by atoms with E-state index in [0.29, 0.717) is 32.2 Å². The van der Waals surface area contributed by atoms with Crippen LogP contribution in [0.4, 0.5) is 0 Å². The summed E-state index contributed by atoms with van der Waals surface area (Å²) in [4.78, 5) is 54.9. The van der Waals surface area contributed by atoms with Crippen LogP contribution in [0.5, 0.6) is 0 Å². The van der Waals surface area contributed by atoms with Crippen molar-refractivity contribution in [1.82, 2.24) is 20.9 Å². The minimum atomic E-state index is -1.14. The number of hydrogen-bond acceptors (Lipinski definition) is 6. The Labute approximate surface area is 236 Å². The smallest absolute Gasteiger partial charge is 0.326 e. The number of aliphatic carboxylic acids is 1. The number of unbranched alkanes of at least 4 members (excludes halogenated alkanes) is 1. The molecule has 1 heterocycles. The summed E-state index contributed by atoms with van der Waals surface area (Å²) in [5, 5.41) is 18.7. The van der Waals surface area contributed by atoms with Crippen LogP contribution in [0.15, 0.2) is 30.5 Å². The minimum Gasteiger partial charge on any atom is -0.480 e. The van der Waals surface area contributed by atoms with Gasteiger partial charge in [0.25, 0.3) is 0 Å². The maximum absolute atomic E-state index is 13.7. The first-order chi connectivity index (χ1) is 19.0. The Bertz CT molecular complexity index is 1140. The van der Waals surface area contributed by atoms with Crippen molar-refractivity contribution in [2.45, 2.75) is 90.4 Å². The summed E-state index contributed by atoms with van der Waals surface area (Å²) in [5.41, 5.74) is 13.5. The first-order valence-electron chi connectivity index (χ1n) is 14.2.